The topological polar surface area (TPSA) is 54.0 Å². The van der Waals surface area contributed by atoms with E-state index in [0.29, 0.717) is 19.4 Å². The van der Waals surface area contributed by atoms with Gasteiger partial charge in [0.2, 0.25) is 0 Å². The lowest BCUT2D eigenvalue weighted by Gasteiger charge is -2.39. The maximum Gasteiger partial charge on any atom is 0.184 e. The highest BCUT2D eigenvalue weighted by atomic mass is 16.7. The zero-order chi connectivity index (χ0) is 16.2. The number of methoxy groups -OCH3 is 1. The molecule has 1 aromatic carbocycles. The van der Waals surface area contributed by atoms with E-state index in [4.69, 9.17) is 18.9 Å². The van der Waals surface area contributed by atoms with Crippen molar-refractivity contribution in [2.24, 2.45) is 0 Å². The number of carbonyl (C=O) groups is 1. The molecule has 124 valence electrons. The standard InChI is InChI=1S/C18H22O5/c1-3-13(19)10-15-8-9-16-17(22-15)11-21-18(23-16)12-4-6-14(20-2)7-5-12/h4-9,15-18H,3,10-11H2,1-2H3. The maximum absolute atomic E-state index is 11.5. The molecule has 0 N–H and O–H groups in total. The number of carbonyl (C=O) groups excluding carboxylic acids is 1. The third-order valence-corrected chi connectivity index (χ3v) is 4.14. The lowest BCUT2D eigenvalue weighted by atomic mass is 10.0. The quantitative estimate of drug-likeness (QED) is 0.781. The van der Waals surface area contributed by atoms with Crippen LogP contribution in [-0.4, -0.2) is 37.8 Å². The van der Waals surface area contributed by atoms with Crippen molar-refractivity contribution in [3.05, 3.63) is 42.0 Å². The Morgan fingerprint density at radius 3 is 2.70 bits per heavy atom. The predicted octanol–water partition coefficient (Wildman–Crippen LogP) is 2.80. The number of fused-ring (bicyclic) bond motifs is 1. The van der Waals surface area contributed by atoms with Gasteiger partial charge >= 0.3 is 0 Å². The minimum atomic E-state index is -0.413. The molecule has 0 amide bonds. The van der Waals surface area contributed by atoms with Gasteiger partial charge in [0.05, 0.1) is 19.8 Å². The molecule has 0 aromatic heterocycles. The summed E-state index contributed by atoms with van der Waals surface area (Å²) >= 11 is 0. The largest absolute Gasteiger partial charge is 0.497 e. The Labute approximate surface area is 136 Å². The average molecular weight is 318 g/mol. The van der Waals surface area contributed by atoms with Gasteiger partial charge in [-0.25, -0.2) is 0 Å². The molecule has 1 saturated heterocycles. The lowest BCUT2D eigenvalue weighted by Crippen LogP contribution is -2.45. The second-order valence-corrected chi connectivity index (χ2v) is 5.73. The van der Waals surface area contributed by atoms with E-state index in [1.165, 1.54) is 0 Å². The highest BCUT2D eigenvalue weighted by molar-refractivity contribution is 5.78. The Morgan fingerprint density at radius 2 is 2.00 bits per heavy atom. The fourth-order valence-corrected chi connectivity index (χ4v) is 2.76. The van der Waals surface area contributed by atoms with Gasteiger partial charge in [0, 0.05) is 18.4 Å². The highest BCUT2D eigenvalue weighted by Crippen LogP contribution is 2.32. The molecular formula is C18H22O5. The van der Waals surface area contributed by atoms with Gasteiger partial charge in [0.1, 0.15) is 23.7 Å². The molecule has 1 aromatic rings. The molecule has 3 rings (SSSR count). The van der Waals surface area contributed by atoms with E-state index in [0.717, 1.165) is 11.3 Å². The first-order valence-corrected chi connectivity index (χ1v) is 7.96. The summed E-state index contributed by atoms with van der Waals surface area (Å²) in [5, 5.41) is 0. The van der Waals surface area contributed by atoms with Crippen molar-refractivity contribution in [1.82, 2.24) is 0 Å². The second kappa shape index (κ2) is 7.25. The highest BCUT2D eigenvalue weighted by Gasteiger charge is 2.36. The fourth-order valence-electron chi connectivity index (χ4n) is 2.76. The van der Waals surface area contributed by atoms with E-state index in [1.54, 1.807) is 7.11 Å². The zero-order valence-corrected chi connectivity index (χ0v) is 13.4. The SMILES string of the molecule is CCC(=O)CC1C=CC2OC(c3ccc(OC)cc3)OCC2O1. The monoisotopic (exact) mass is 318 g/mol. The molecule has 4 unspecified atom stereocenters. The zero-order valence-electron chi connectivity index (χ0n) is 13.4. The third-order valence-electron chi connectivity index (χ3n) is 4.14. The molecule has 5 nitrogen and oxygen atoms in total. The molecule has 5 heteroatoms. The summed E-state index contributed by atoms with van der Waals surface area (Å²) in [6, 6.07) is 7.63. The summed E-state index contributed by atoms with van der Waals surface area (Å²) in [6.45, 7) is 2.31. The van der Waals surface area contributed by atoms with Gasteiger partial charge < -0.3 is 18.9 Å². The minimum Gasteiger partial charge on any atom is -0.497 e. The van der Waals surface area contributed by atoms with Crippen molar-refractivity contribution >= 4 is 5.78 Å². The summed E-state index contributed by atoms with van der Waals surface area (Å²) in [5.74, 6) is 0.999. The van der Waals surface area contributed by atoms with E-state index in [1.807, 2.05) is 43.3 Å². The van der Waals surface area contributed by atoms with Crippen molar-refractivity contribution in [2.75, 3.05) is 13.7 Å². The van der Waals surface area contributed by atoms with Crippen LogP contribution in [-0.2, 0) is 19.0 Å². The molecule has 0 radical (unpaired) electrons. The Kier molecular flexibility index (Phi) is 5.10. The van der Waals surface area contributed by atoms with Crippen LogP contribution in [0.2, 0.25) is 0 Å². The van der Waals surface area contributed by atoms with Gasteiger partial charge in [-0.2, -0.15) is 0 Å². The van der Waals surface area contributed by atoms with Crippen LogP contribution >= 0.6 is 0 Å². The van der Waals surface area contributed by atoms with E-state index >= 15 is 0 Å². The normalized spacial score (nSPS) is 29.8. The number of hydrogen-bond acceptors (Lipinski definition) is 5. The number of hydrogen-bond donors (Lipinski definition) is 0. The number of rotatable bonds is 5. The Bertz CT molecular complexity index is 565. The maximum atomic E-state index is 11.5. The van der Waals surface area contributed by atoms with Crippen LogP contribution in [0.25, 0.3) is 0 Å². The van der Waals surface area contributed by atoms with Crippen LogP contribution in [0.1, 0.15) is 31.6 Å². The number of ether oxygens (including phenoxy) is 4. The molecule has 0 bridgehead atoms. The Hall–Kier alpha value is -1.69. The van der Waals surface area contributed by atoms with Gasteiger partial charge in [-0.3, -0.25) is 4.79 Å². The van der Waals surface area contributed by atoms with E-state index < -0.39 is 6.29 Å². The van der Waals surface area contributed by atoms with Crippen LogP contribution in [0.15, 0.2) is 36.4 Å². The van der Waals surface area contributed by atoms with Crippen molar-refractivity contribution in [2.45, 2.75) is 44.4 Å². The summed E-state index contributed by atoms with van der Waals surface area (Å²) in [5.41, 5.74) is 0.945. The van der Waals surface area contributed by atoms with Crippen molar-refractivity contribution in [3.8, 4) is 5.75 Å². The fraction of sp³-hybridized carbons (Fsp3) is 0.500. The molecule has 0 aliphatic carbocycles. The van der Waals surface area contributed by atoms with Gasteiger partial charge in [-0.15, -0.1) is 0 Å². The van der Waals surface area contributed by atoms with Crippen LogP contribution < -0.4 is 4.74 Å². The van der Waals surface area contributed by atoms with Crippen molar-refractivity contribution in [3.63, 3.8) is 0 Å². The molecule has 0 saturated carbocycles. The van der Waals surface area contributed by atoms with Gasteiger partial charge in [-0.1, -0.05) is 31.2 Å². The molecule has 2 heterocycles. The second-order valence-electron chi connectivity index (χ2n) is 5.73. The molecular weight excluding hydrogens is 296 g/mol. The molecule has 2 aliphatic heterocycles. The molecule has 4 atom stereocenters. The number of benzene rings is 1. The summed E-state index contributed by atoms with van der Waals surface area (Å²) in [7, 11) is 1.64. The van der Waals surface area contributed by atoms with Gasteiger partial charge in [0.15, 0.2) is 6.29 Å². The van der Waals surface area contributed by atoms with E-state index in [2.05, 4.69) is 0 Å². The smallest absolute Gasteiger partial charge is 0.184 e. The molecule has 1 fully saturated rings. The number of ketones is 1. The van der Waals surface area contributed by atoms with Crippen molar-refractivity contribution in [1.29, 1.82) is 0 Å². The predicted molar refractivity (Wildman–Crippen MR) is 84.3 cm³/mol. The summed E-state index contributed by atoms with van der Waals surface area (Å²) in [6.07, 6.45) is 3.96. The van der Waals surface area contributed by atoms with Crippen molar-refractivity contribution < 1.29 is 23.7 Å². The van der Waals surface area contributed by atoms with Crippen LogP contribution in [0, 0.1) is 0 Å². The van der Waals surface area contributed by atoms with Crippen LogP contribution in [0.5, 0.6) is 5.75 Å². The van der Waals surface area contributed by atoms with Crippen LogP contribution in [0.3, 0.4) is 0 Å². The first kappa shape index (κ1) is 16.2. The summed E-state index contributed by atoms with van der Waals surface area (Å²) in [4.78, 5) is 11.5. The Balaban J connectivity index is 1.62. The lowest BCUT2D eigenvalue weighted by molar-refractivity contribution is -0.262. The molecule has 2 aliphatic rings. The van der Waals surface area contributed by atoms with Crippen LogP contribution in [0.4, 0.5) is 0 Å². The number of Topliss-reactive ketones (excluding diaryl/α,β-unsaturated/α-hetero) is 1. The van der Waals surface area contributed by atoms with E-state index in [9.17, 15) is 4.79 Å². The average Bonchev–Trinajstić information content (AvgIpc) is 2.61. The molecule has 23 heavy (non-hydrogen) atoms. The van der Waals surface area contributed by atoms with Gasteiger partial charge in [-0.05, 0) is 12.1 Å². The molecule has 0 spiro atoms. The Morgan fingerprint density at radius 1 is 1.22 bits per heavy atom. The first-order valence-electron chi connectivity index (χ1n) is 7.96. The van der Waals surface area contributed by atoms with E-state index in [-0.39, 0.29) is 24.1 Å². The minimum absolute atomic E-state index is 0.149. The summed E-state index contributed by atoms with van der Waals surface area (Å²) < 4.78 is 22.8. The first-order chi connectivity index (χ1) is 11.2. The third kappa shape index (κ3) is 3.80. The van der Waals surface area contributed by atoms with Gasteiger partial charge in [0.25, 0.3) is 0 Å².